The number of guanidine groups is 1. The van der Waals surface area contributed by atoms with Crippen LogP contribution in [0.4, 0.5) is 4.79 Å². The van der Waals surface area contributed by atoms with Gasteiger partial charge in [-0.15, -0.1) is 0 Å². The summed E-state index contributed by atoms with van der Waals surface area (Å²) in [4.78, 5) is 66.4. The molecule has 3 fully saturated rings. The molecule has 8 rings (SSSR count). The number of nitrogens with one attached hydrogen (secondary N) is 4. The Kier molecular flexibility index (Phi) is 10.5. The second-order valence-corrected chi connectivity index (χ2v) is 15.8. The van der Waals surface area contributed by atoms with Crippen LogP contribution in [-0.4, -0.2) is 111 Å². The highest BCUT2D eigenvalue weighted by Crippen LogP contribution is 2.38. The average molecular weight is 761 g/mol. The summed E-state index contributed by atoms with van der Waals surface area (Å²) in [7, 11) is 3.32. The molecule has 14 heteroatoms. The second kappa shape index (κ2) is 15.8. The van der Waals surface area contributed by atoms with Gasteiger partial charge in [0.2, 0.25) is 11.8 Å². The summed E-state index contributed by atoms with van der Waals surface area (Å²) < 4.78 is 4.79. The van der Waals surface area contributed by atoms with Crippen LogP contribution in [0.5, 0.6) is 0 Å². The number of methoxy groups -OCH3 is 1. The molecule has 2 aromatic carbocycles. The summed E-state index contributed by atoms with van der Waals surface area (Å²) in [6.45, 7) is 7.09. The molecule has 0 spiro atoms. The first-order valence-corrected chi connectivity index (χ1v) is 20.0. The van der Waals surface area contributed by atoms with Gasteiger partial charge in [-0.1, -0.05) is 62.4 Å². The number of hydrogen-bond acceptors (Lipinski definition) is 9. The number of likely N-dealkylation sites (tertiary alicyclic amines) is 2. The number of nitrogens with zero attached hydrogens (tertiary/aromatic N) is 6. The Morgan fingerprint density at radius 1 is 0.750 bits per heavy atom. The lowest BCUT2D eigenvalue weighted by Gasteiger charge is -2.31. The molecule has 4 atom stereocenters. The van der Waals surface area contributed by atoms with Gasteiger partial charge in [0.25, 0.3) is 0 Å². The largest absolute Gasteiger partial charge is 0.453 e. The van der Waals surface area contributed by atoms with E-state index in [-0.39, 0.29) is 41.8 Å². The molecule has 14 nitrogen and oxygen atoms in total. The lowest BCUT2D eigenvalue weighted by Crippen LogP contribution is -2.53. The van der Waals surface area contributed by atoms with Crippen molar-refractivity contribution in [1.29, 1.82) is 0 Å². The van der Waals surface area contributed by atoms with Gasteiger partial charge in [-0.3, -0.25) is 14.6 Å². The number of alkyl carbamates (subject to hydrolysis) is 1. The number of aromatic nitrogens is 4. The van der Waals surface area contributed by atoms with Crippen molar-refractivity contribution < 1.29 is 19.1 Å². The third-order valence-electron chi connectivity index (χ3n) is 11.7. The van der Waals surface area contributed by atoms with Crippen molar-refractivity contribution in [2.24, 2.45) is 16.8 Å². The normalized spacial score (nSPS) is 20.7. The molecule has 0 bridgehead atoms. The predicted molar refractivity (Wildman–Crippen MR) is 213 cm³/mol. The van der Waals surface area contributed by atoms with E-state index in [1.54, 1.807) is 0 Å². The fraction of sp³-hybridized carbons (Fsp3) is 0.476. The standard InChI is InChI=1S/C42H52N10O4/c1-25(2)35(48-41-43-19-22-50(41)3)39(53)51-20-5-7-33(51)37-44-23-31(46-37)28-13-9-26(10-14-28)27-11-15-29(16-12-27)32-24-45-38(47-32)34-8-6-21-52(34)40(54)36(30-17-18-30)49-42(55)56-4/h9-16,23-25,30,33-36H,5-8,17-22H2,1-4H3,(H,43,48)(H,44,46)(H,45,47)(H,49,55)/t33-,34-,35+,36-/m0/s1. The number of aromatic amines is 2. The summed E-state index contributed by atoms with van der Waals surface area (Å²) in [5.41, 5.74) is 6.01. The highest BCUT2D eigenvalue weighted by atomic mass is 16.5. The fourth-order valence-corrected chi connectivity index (χ4v) is 8.31. The Bertz CT molecular complexity index is 2070. The minimum atomic E-state index is -0.577. The molecule has 2 saturated heterocycles. The molecular weight excluding hydrogens is 709 g/mol. The van der Waals surface area contributed by atoms with Gasteiger partial charge < -0.3 is 40.0 Å². The monoisotopic (exact) mass is 760 g/mol. The highest BCUT2D eigenvalue weighted by molar-refractivity contribution is 5.90. The molecule has 2 aromatic heterocycles. The molecule has 0 radical (unpaired) electrons. The van der Waals surface area contributed by atoms with Gasteiger partial charge >= 0.3 is 6.09 Å². The van der Waals surface area contributed by atoms with Gasteiger partial charge in [-0.05, 0) is 72.6 Å². The van der Waals surface area contributed by atoms with Crippen molar-refractivity contribution in [3.8, 4) is 33.6 Å². The molecule has 1 aliphatic carbocycles. The molecule has 294 valence electrons. The van der Waals surface area contributed by atoms with E-state index in [4.69, 9.17) is 14.7 Å². The zero-order valence-corrected chi connectivity index (χ0v) is 32.6. The van der Waals surface area contributed by atoms with Crippen molar-refractivity contribution in [1.82, 2.24) is 45.3 Å². The number of hydrogen-bond donors (Lipinski definition) is 4. The Morgan fingerprint density at radius 3 is 1.73 bits per heavy atom. The average Bonchev–Trinajstić information content (AvgIpc) is 3.82. The molecule has 3 amide bonds. The fourth-order valence-electron chi connectivity index (χ4n) is 8.31. The minimum Gasteiger partial charge on any atom is -0.453 e. The number of imidazole rings is 2. The van der Waals surface area contributed by atoms with E-state index in [9.17, 15) is 14.4 Å². The van der Waals surface area contributed by atoms with Crippen LogP contribution < -0.4 is 10.6 Å². The molecule has 0 unspecified atom stereocenters. The van der Waals surface area contributed by atoms with Crippen LogP contribution >= 0.6 is 0 Å². The van der Waals surface area contributed by atoms with Gasteiger partial charge in [-0.25, -0.2) is 14.8 Å². The van der Waals surface area contributed by atoms with E-state index in [0.717, 1.165) is 103 Å². The topological polar surface area (TPSA) is 164 Å². The van der Waals surface area contributed by atoms with E-state index in [1.807, 2.05) is 29.2 Å². The van der Waals surface area contributed by atoms with Crippen molar-refractivity contribution in [2.45, 2.75) is 76.5 Å². The van der Waals surface area contributed by atoms with Crippen LogP contribution in [0.2, 0.25) is 0 Å². The lowest BCUT2D eigenvalue weighted by molar-refractivity contribution is -0.135. The Labute approximate surface area is 327 Å². The summed E-state index contributed by atoms with van der Waals surface area (Å²) >= 11 is 0. The molecule has 1 saturated carbocycles. The van der Waals surface area contributed by atoms with Crippen molar-refractivity contribution in [2.75, 3.05) is 40.3 Å². The number of H-pyrrole nitrogens is 2. The number of likely N-dealkylation sites (N-methyl/N-ethyl adjacent to an activating group) is 1. The van der Waals surface area contributed by atoms with Crippen LogP contribution in [-0.2, 0) is 14.3 Å². The van der Waals surface area contributed by atoms with Crippen LogP contribution in [0.15, 0.2) is 65.9 Å². The number of ether oxygens (including phenoxy) is 1. The SMILES string of the molecule is COC(=O)N[C@H](C(=O)N1CCC[C@H]1c1ncc(-c2ccc(-c3ccc(-c4cnc([C@@H]5CCCN5C(=O)[C@H](NC5=NCCN5C)C(C)C)[nH]4)cc3)cc2)[nH]1)C1CC1. The number of amides is 3. The van der Waals surface area contributed by atoms with Crippen molar-refractivity contribution in [3.05, 3.63) is 72.6 Å². The first kappa shape index (κ1) is 37.3. The molecule has 3 aliphatic heterocycles. The first-order chi connectivity index (χ1) is 27.2. The zero-order chi connectivity index (χ0) is 38.9. The second-order valence-electron chi connectivity index (χ2n) is 15.8. The molecule has 4 aromatic rings. The number of aliphatic imine (C=N–C) groups is 1. The van der Waals surface area contributed by atoms with Crippen LogP contribution in [0.1, 0.15) is 76.1 Å². The Hall–Kier alpha value is -5.66. The summed E-state index contributed by atoms with van der Waals surface area (Å²) in [5.74, 6) is 2.64. The highest BCUT2D eigenvalue weighted by Gasteiger charge is 2.43. The number of benzene rings is 2. The van der Waals surface area contributed by atoms with E-state index >= 15 is 0 Å². The van der Waals surface area contributed by atoms with Gasteiger partial charge in [0, 0.05) is 26.7 Å². The predicted octanol–water partition coefficient (Wildman–Crippen LogP) is 5.51. The molecular formula is C42H52N10O4. The van der Waals surface area contributed by atoms with E-state index in [2.05, 4.69) is 92.9 Å². The molecule has 56 heavy (non-hydrogen) atoms. The quantitative estimate of drug-likeness (QED) is 0.156. The maximum Gasteiger partial charge on any atom is 0.407 e. The van der Waals surface area contributed by atoms with Gasteiger partial charge in [0.15, 0.2) is 5.96 Å². The van der Waals surface area contributed by atoms with Gasteiger partial charge in [0.1, 0.15) is 23.7 Å². The molecule has 4 aliphatic rings. The molecule has 5 heterocycles. The van der Waals surface area contributed by atoms with Gasteiger partial charge in [-0.2, -0.15) is 0 Å². The maximum absolute atomic E-state index is 13.9. The van der Waals surface area contributed by atoms with E-state index in [0.29, 0.717) is 13.1 Å². The third kappa shape index (κ3) is 7.61. The van der Waals surface area contributed by atoms with E-state index < -0.39 is 12.1 Å². The Balaban J connectivity index is 0.909. The van der Waals surface area contributed by atoms with Crippen molar-refractivity contribution >= 4 is 23.9 Å². The van der Waals surface area contributed by atoms with Crippen LogP contribution in [0.3, 0.4) is 0 Å². The molecule has 4 N–H and O–H groups in total. The summed E-state index contributed by atoms with van der Waals surface area (Å²) in [6, 6.07) is 15.6. The van der Waals surface area contributed by atoms with Gasteiger partial charge in [0.05, 0.1) is 49.5 Å². The number of rotatable bonds is 11. The van der Waals surface area contributed by atoms with Crippen molar-refractivity contribution in [3.63, 3.8) is 0 Å². The third-order valence-corrected chi connectivity index (χ3v) is 11.7. The summed E-state index contributed by atoms with van der Waals surface area (Å²) in [5, 5.41) is 6.19. The van der Waals surface area contributed by atoms with E-state index in [1.165, 1.54) is 7.11 Å². The zero-order valence-electron chi connectivity index (χ0n) is 32.6. The number of carbonyl (C=O) groups is 3. The summed E-state index contributed by atoms with van der Waals surface area (Å²) in [6.07, 6.45) is 8.46. The Morgan fingerprint density at radius 2 is 1.27 bits per heavy atom. The maximum atomic E-state index is 13.9. The minimum absolute atomic E-state index is 0.0684. The smallest absolute Gasteiger partial charge is 0.407 e. The van der Waals surface area contributed by atoms with Crippen LogP contribution in [0.25, 0.3) is 33.6 Å². The first-order valence-electron chi connectivity index (χ1n) is 20.0. The van der Waals surface area contributed by atoms with Crippen LogP contribution in [0, 0.1) is 11.8 Å². The lowest BCUT2D eigenvalue weighted by atomic mass is 10.0. The number of carbonyl (C=O) groups excluding carboxylic acids is 3.